The van der Waals surface area contributed by atoms with E-state index in [0.717, 1.165) is 6.07 Å². The molecule has 0 unspecified atom stereocenters. The Kier molecular flexibility index (Phi) is 4.14. The standard InChI is InChI=1S/C17H12ClNO4/c18-11-4-5-15-13(7-11)14(21)8-16(23-15)17(22)19-12-3-1-2-10(6-12)9-20/h1-8,20H,9H2,(H,19,22). The fourth-order valence-electron chi connectivity index (χ4n) is 2.18. The third-order valence-corrected chi connectivity index (χ3v) is 3.52. The van der Waals surface area contributed by atoms with Crippen LogP contribution in [0.4, 0.5) is 5.69 Å². The molecule has 0 saturated carbocycles. The zero-order valence-electron chi connectivity index (χ0n) is 11.9. The fraction of sp³-hybridized carbons (Fsp3) is 0.0588. The monoisotopic (exact) mass is 329 g/mol. The number of aliphatic hydroxyl groups excluding tert-OH is 1. The van der Waals surface area contributed by atoms with E-state index in [-0.39, 0.29) is 23.4 Å². The Labute approximate surface area is 136 Å². The van der Waals surface area contributed by atoms with Gasteiger partial charge in [-0.3, -0.25) is 9.59 Å². The van der Waals surface area contributed by atoms with Crippen LogP contribution in [0.5, 0.6) is 0 Å². The summed E-state index contributed by atoms with van der Waals surface area (Å²) in [7, 11) is 0. The molecule has 1 heterocycles. The number of carbonyl (C=O) groups is 1. The first kappa shape index (κ1) is 15.3. The van der Waals surface area contributed by atoms with Crippen LogP contribution >= 0.6 is 11.6 Å². The summed E-state index contributed by atoms with van der Waals surface area (Å²) in [4.78, 5) is 24.3. The van der Waals surface area contributed by atoms with Gasteiger partial charge in [-0.2, -0.15) is 0 Å². The van der Waals surface area contributed by atoms with Crippen molar-refractivity contribution in [3.8, 4) is 0 Å². The van der Waals surface area contributed by atoms with Crippen LogP contribution in [-0.4, -0.2) is 11.0 Å². The molecule has 0 radical (unpaired) electrons. The van der Waals surface area contributed by atoms with Crippen molar-refractivity contribution >= 4 is 34.2 Å². The van der Waals surface area contributed by atoms with Gasteiger partial charge < -0.3 is 14.8 Å². The van der Waals surface area contributed by atoms with Gasteiger partial charge in [0.05, 0.1) is 12.0 Å². The topological polar surface area (TPSA) is 79.5 Å². The molecule has 2 N–H and O–H groups in total. The molecular formula is C17H12ClNO4. The fourth-order valence-corrected chi connectivity index (χ4v) is 2.35. The predicted molar refractivity (Wildman–Crippen MR) is 87.8 cm³/mol. The van der Waals surface area contributed by atoms with Gasteiger partial charge in [0.1, 0.15) is 5.58 Å². The van der Waals surface area contributed by atoms with E-state index < -0.39 is 5.91 Å². The Morgan fingerprint density at radius 1 is 1.17 bits per heavy atom. The summed E-state index contributed by atoms with van der Waals surface area (Å²) in [6.07, 6.45) is 0. The molecule has 0 atom stereocenters. The second-order valence-electron chi connectivity index (χ2n) is 4.93. The number of aliphatic hydroxyl groups is 1. The number of nitrogens with one attached hydrogen (secondary N) is 1. The summed E-state index contributed by atoms with van der Waals surface area (Å²) in [5.74, 6) is -0.645. The number of amides is 1. The highest BCUT2D eigenvalue weighted by Gasteiger charge is 2.13. The first-order valence-corrected chi connectivity index (χ1v) is 7.19. The summed E-state index contributed by atoms with van der Waals surface area (Å²) < 4.78 is 5.47. The second-order valence-corrected chi connectivity index (χ2v) is 5.36. The van der Waals surface area contributed by atoms with Gasteiger partial charge >= 0.3 is 0 Å². The van der Waals surface area contributed by atoms with Gasteiger partial charge in [0.25, 0.3) is 5.91 Å². The average Bonchev–Trinajstić information content (AvgIpc) is 2.55. The van der Waals surface area contributed by atoms with Crippen molar-refractivity contribution in [2.45, 2.75) is 6.61 Å². The molecule has 116 valence electrons. The van der Waals surface area contributed by atoms with E-state index in [1.807, 2.05) is 0 Å². The van der Waals surface area contributed by atoms with Gasteiger partial charge in [0.15, 0.2) is 11.2 Å². The summed E-state index contributed by atoms with van der Waals surface area (Å²) in [6, 6.07) is 12.5. The van der Waals surface area contributed by atoms with E-state index in [1.165, 1.54) is 6.07 Å². The van der Waals surface area contributed by atoms with Crippen LogP contribution in [0.25, 0.3) is 11.0 Å². The third kappa shape index (κ3) is 3.26. The van der Waals surface area contributed by atoms with Crippen molar-refractivity contribution in [2.24, 2.45) is 0 Å². The number of hydrogen-bond donors (Lipinski definition) is 2. The Morgan fingerprint density at radius 2 is 2.00 bits per heavy atom. The van der Waals surface area contributed by atoms with E-state index in [9.17, 15) is 9.59 Å². The van der Waals surface area contributed by atoms with Crippen molar-refractivity contribution in [1.29, 1.82) is 0 Å². The number of fused-ring (bicyclic) bond motifs is 1. The Hall–Kier alpha value is -2.63. The predicted octanol–water partition coefficient (Wildman–Crippen LogP) is 3.19. The molecule has 0 aliphatic rings. The number of rotatable bonds is 3. The molecule has 6 heteroatoms. The van der Waals surface area contributed by atoms with E-state index in [1.54, 1.807) is 36.4 Å². The maximum absolute atomic E-state index is 12.2. The second kappa shape index (κ2) is 6.24. The summed E-state index contributed by atoms with van der Waals surface area (Å²) >= 11 is 5.85. The number of halogens is 1. The number of hydrogen-bond acceptors (Lipinski definition) is 4. The van der Waals surface area contributed by atoms with Crippen LogP contribution < -0.4 is 10.7 Å². The van der Waals surface area contributed by atoms with Gasteiger partial charge in [-0.15, -0.1) is 0 Å². The van der Waals surface area contributed by atoms with E-state index in [4.69, 9.17) is 21.1 Å². The number of benzene rings is 2. The highest BCUT2D eigenvalue weighted by molar-refractivity contribution is 6.31. The minimum Gasteiger partial charge on any atom is -0.451 e. The molecule has 1 amide bonds. The van der Waals surface area contributed by atoms with Crippen molar-refractivity contribution in [1.82, 2.24) is 0 Å². The zero-order chi connectivity index (χ0) is 16.4. The van der Waals surface area contributed by atoms with Crippen molar-refractivity contribution in [3.05, 3.63) is 75.1 Å². The smallest absolute Gasteiger partial charge is 0.291 e. The number of carbonyl (C=O) groups excluding carboxylic acids is 1. The molecule has 3 rings (SSSR count). The van der Waals surface area contributed by atoms with Crippen LogP contribution in [-0.2, 0) is 6.61 Å². The summed E-state index contributed by atoms with van der Waals surface area (Å²) in [6.45, 7) is -0.129. The van der Waals surface area contributed by atoms with Crippen LogP contribution in [0, 0.1) is 0 Å². The molecule has 0 aliphatic heterocycles. The van der Waals surface area contributed by atoms with Crippen LogP contribution in [0.15, 0.2) is 57.7 Å². The van der Waals surface area contributed by atoms with Crippen molar-refractivity contribution < 1.29 is 14.3 Å². The molecule has 0 saturated heterocycles. The van der Waals surface area contributed by atoms with Crippen molar-refractivity contribution in [2.75, 3.05) is 5.32 Å². The first-order chi connectivity index (χ1) is 11.1. The SMILES string of the molecule is O=C(Nc1cccc(CO)c1)c1cc(=O)c2cc(Cl)ccc2o1. The lowest BCUT2D eigenvalue weighted by molar-refractivity contribution is 0.0997. The zero-order valence-corrected chi connectivity index (χ0v) is 12.6. The lowest BCUT2D eigenvalue weighted by Crippen LogP contribution is -2.15. The van der Waals surface area contributed by atoms with E-state index in [2.05, 4.69) is 5.32 Å². The quantitative estimate of drug-likeness (QED) is 0.773. The van der Waals surface area contributed by atoms with Gasteiger partial charge in [-0.1, -0.05) is 23.7 Å². The maximum atomic E-state index is 12.2. The molecule has 1 aromatic heterocycles. The van der Waals surface area contributed by atoms with Crippen LogP contribution in [0.1, 0.15) is 16.1 Å². The molecule has 2 aromatic carbocycles. The Bertz CT molecular complexity index is 949. The molecule has 3 aromatic rings. The van der Waals surface area contributed by atoms with Crippen LogP contribution in [0.3, 0.4) is 0 Å². The lowest BCUT2D eigenvalue weighted by atomic mass is 10.2. The Balaban J connectivity index is 1.94. The largest absolute Gasteiger partial charge is 0.451 e. The van der Waals surface area contributed by atoms with E-state index in [0.29, 0.717) is 21.7 Å². The molecule has 0 bridgehead atoms. The van der Waals surface area contributed by atoms with Gasteiger partial charge in [0, 0.05) is 16.8 Å². The summed E-state index contributed by atoms with van der Waals surface area (Å²) in [5, 5.41) is 12.5. The minimum atomic E-state index is -0.547. The minimum absolute atomic E-state index is 0.0979. The molecule has 0 fully saturated rings. The highest BCUT2D eigenvalue weighted by Crippen LogP contribution is 2.18. The molecule has 0 spiro atoms. The van der Waals surface area contributed by atoms with Crippen molar-refractivity contribution in [3.63, 3.8) is 0 Å². The van der Waals surface area contributed by atoms with Gasteiger partial charge in [-0.25, -0.2) is 0 Å². The van der Waals surface area contributed by atoms with E-state index >= 15 is 0 Å². The first-order valence-electron chi connectivity index (χ1n) is 6.81. The van der Waals surface area contributed by atoms with Crippen LogP contribution in [0.2, 0.25) is 5.02 Å². The normalized spacial score (nSPS) is 10.7. The molecule has 23 heavy (non-hydrogen) atoms. The number of anilines is 1. The molecule has 0 aliphatic carbocycles. The third-order valence-electron chi connectivity index (χ3n) is 3.28. The summed E-state index contributed by atoms with van der Waals surface area (Å²) in [5.41, 5.74) is 1.11. The highest BCUT2D eigenvalue weighted by atomic mass is 35.5. The van der Waals surface area contributed by atoms with Gasteiger partial charge in [0.2, 0.25) is 0 Å². The Morgan fingerprint density at radius 3 is 2.78 bits per heavy atom. The average molecular weight is 330 g/mol. The maximum Gasteiger partial charge on any atom is 0.291 e. The molecular weight excluding hydrogens is 318 g/mol. The lowest BCUT2D eigenvalue weighted by Gasteiger charge is -2.06. The molecule has 5 nitrogen and oxygen atoms in total. The van der Waals surface area contributed by atoms with Gasteiger partial charge in [-0.05, 0) is 35.9 Å².